The fourth-order valence-electron chi connectivity index (χ4n) is 1.99. The van der Waals surface area contributed by atoms with Crippen LogP contribution in [0.5, 0.6) is 0 Å². The third kappa shape index (κ3) is 4.53. The topological polar surface area (TPSA) is 92.5 Å². The maximum atomic E-state index is 12.0. The molecular formula is C15H25N3O3S. The number of carbonyl (C=O) groups is 1. The molecule has 0 saturated carbocycles. The van der Waals surface area contributed by atoms with Gasteiger partial charge < -0.3 is 11.1 Å². The predicted octanol–water partition coefficient (Wildman–Crippen LogP) is 1.24. The van der Waals surface area contributed by atoms with E-state index in [2.05, 4.69) is 5.32 Å². The van der Waals surface area contributed by atoms with E-state index in [1.54, 1.807) is 24.3 Å². The molecule has 0 bridgehead atoms. The molecule has 0 fully saturated rings. The molecule has 7 heteroatoms. The van der Waals surface area contributed by atoms with Crippen LogP contribution in [0.1, 0.15) is 38.3 Å². The number of nitrogens with one attached hydrogen (secondary N) is 1. The van der Waals surface area contributed by atoms with E-state index in [0.29, 0.717) is 6.42 Å². The van der Waals surface area contributed by atoms with Gasteiger partial charge in [-0.3, -0.25) is 4.79 Å². The lowest BCUT2D eigenvalue weighted by Crippen LogP contribution is -2.41. The normalized spacial score (nSPS) is 14.6. The third-order valence-corrected chi connectivity index (χ3v) is 5.28. The van der Waals surface area contributed by atoms with Gasteiger partial charge in [0.15, 0.2) is 0 Å². The van der Waals surface area contributed by atoms with Crippen molar-refractivity contribution in [3.63, 3.8) is 0 Å². The van der Waals surface area contributed by atoms with Crippen LogP contribution < -0.4 is 11.1 Å². The molecular weight excluding hydrogens is 302 g/mol. The molecule has 6 nitrogen and oxygen atoms in total. The highest BCUT2D eigenvalue weighted by Gasteiger charge is 2.19. The molecule has 2 unspecified atom stereocenters. The largest absolute Gasteiger partial charge is 0.348 e. The SMILES string of the molecule is CCCC(N)C(=O)NC(C)c1ccc(S(=O)(=O)N(C)C)cc1. The van der Waals surface area contributed by atoms with Gasteiger partial charge in [-0.2, -0.15) is 0 Å². The molecule has 0 aliphatic carbocycles. The Morgan fingerprint density at radius 3 is 2.27 bits per heavy atom. The van der Waals surface area contributed by atoms with Crippen molar-refractivity contribution >= 4 is 15.9 Å². The summed E-state index contributed by atoms with van der Waals surface area (Å²) in [6.07, 6.45) is 1.48. The summed E-state index contributed by atoms with van der Waals surface area (Å²) in [6, 6.07) is 5.74. The Balaban J connectivity index is 2.81. The zero-order chi connectivity index (χ0) is 16.9. The summed E-state index contributed by atoms with van der Waals surface area (Å²) < 4.78 is 25.1. The maximum Gasteiger partial charge on any atom is 0.242 e. The number of sulfonamides is 1. The van der Waals surface area contributed by atoms with Crippen LogP contribution in [-0.4, -0.2) is 38.8 Å². The van der Waals surface area contributed by atoms with Crippen LogP contribution in [0, 0.1) is 0 Å². The number of hydrogen-bond acceptors (Lipinski definition) is 4. The van der Waals surface area contributed by atoms with E-state index in [-0.39, 0.29) is 16.8 Å². The monoisotopic (exact) mass is 327 g/mol. The lowest BCUT2D eigenvalue weighted by molar-refractivity contribution is -0.123. The van der Waals surface area contributed by atoms with Crippen LogP contribution in [0.3, 0.4) is 0 Å². The second-order valence-electron chi connectivity index (χ2n) is 5.48. The van der Waals surface area contributed by atoms with Gasteiger partial charge in [0.25, 0.3) is 0 Å². The number of carbonyl (C=O) groups excluding carboxylic acids is 1. The number of hydrogen-bond donors (Lipinski definition) is 2. The molecule has 0 spiro atoms. The summed E-state index contributed by atoms with van der Waals surface area (Å²) in [6.45, 7) is 3.81. The van der Waals surface area contributed by atoms with Gasteiger partial charge in [0, 0.05) is 14.1 Å². The van der Waals surface area contributed by atoms with Crippen LogP contribution in [0.15, 0.2) is 29.2 Å². The molecule has 1 rings (SSSR count). The first-order valence-corrected chi connectivity index (χ1v) is 8.72. The van der Waals surface area contributed by atoms with E-state index in [9.17, 15) is 13.2 Å². The summed E-state index contributed by atoms with van der Waals surface area (Å²) in [4.78, 5) is 12.1. The number of nitrogens with two attached hydrogens (primary N) is 1. The molecule has 0 heterocycles. The molecule has 1 amide bonds. The van der Waals surface area contributed by atoms with Crippen molar-refractivity contribution in [2.24, 2.45) is 5.73 Å². The van der Waals surface area contributed by atoms with Crippen molar-refractivity contribution in [3.8, 4) is 0 Å². The minimum Gasteiger partial charge on any atom is -0.348 e. The summed E-state index contributed by atoms with van der Waals surface area (Å²) in [5.74, 6) is -0.195. The zero-order valence-electron chi connectivity index (χ0n) is 13.5. The average Bonchev–Trinajstić information content (AvgIpc) is 2.47. The summed E-state index contributed by atoms with van der Waals surface area (Å²) >= 11 is 0. The second-order valence-corrected chi connectivity index (χ2v) is 7.63. The predicted molar refractivity (Wildman–Crippen MR) is 86.8 cm³/mol. The first-order valence-electron chi connectivity index (χ1n) is 7.28. The Labute approximate surface area is 132 Å². The van der Waals surface area contributed by atoms with Gasteiger partial charge in [-0.25, -0.2) is 12.7 Å². The summed E-state index contributed by atoms with van der Waals surface area (Å²) in [5, 5.41) is 2.84. The Kier molecular flexibility index (Phi) is 6.52. The fourth-order valence-corrected chi connectivity index (χ4v) is 2.89. The first kappa shape index (κ1) is 18.6. The molecule has 1 aromatic rings. The molecule has 2 atom stereocenters. The van der Waals surface area contributed by atoms with E-state index < -0.39 is 16.1 Å². The Morgan fingerprint density at radius 2 is 1.82 bits per heavy atom. The minimum absolute atomic E-state index is 0.195. The highest BCUT2D eigenvalue weighted by Crippen LogP contribution is 2.18. The smallest absolute Gasteiger partial charge is 0.242 e. The van der Waals surface area contributed by atoms with Crippen molar-refractivity contribution in [3.05, 3.63) is 29.8 Å². The van der Waals surface area contributed by atoms with Crippen LogP contribution in [0.25, 0.3) is 0 Å². The van der Waals surface area contributed by atoms with E-state index in [1.807, 2.05) is 13.8 Å². The Hall–Kier alpha value is -1.44. The fraction of sp³-hybridized carbons (Fsp3) is 0.533. The number of nitrogens with zero attached hydrogens (tertiary/aromatic N) is 1. The van der Waals surface area contributed by atoms with Crippen LogP contribution >= 0.6 is 0 Å². The van der Waals surface area contributed by atoms with Gasteiger partial charge in [0.1, 0.15) is 0 Å². The van der Waals surface area contributed by atoms with Crippen LogP contribution in [-0.2, 0) is 14.8 Å². The van der Waals surface area contributed by atoms with Crippen molar-refractivity contribution in [2.75, 3.05) is 14.1 Å². The van der Waals surface area contributed by atoms with Gasteiger partial charge in [-0.15, -0.1) is 0 Å². The standard InChI is InChI=1S/C15H25N3O3S/c1-5-6-14(16)15(19)17-11(2)12-7-9-13(10-8-12)22(20,21)18(3)4/h7-11,14H,5-6,16H2,1-4H3,(H,17,19). The Bertz CT molecular complexity index is 597. The van der Waals surface area contributed by atoms with E-state index in [4.69, 9.17) is 5.73 Å². The maximum absolute atomic E-state index is 12.0. The molecule has 0 aliphatic heterocycles. The molecule has 0 radical (unpaired) electrons. The molecule has 0 aromatic heterocycles. The third-order valence-electron chi connectivity index (χ3n) is 3.45. The number of rotatable bonds is 7. The molecule has 1 aromatic carbocycles. The lowest BCUT2D eigenvalue weighted by Gasteiger charge is -2.18. The van der Waals surface area contributed by atoms with E-state index >= 15 is 0 Å². The van der Waals surface area contributed by atoms with Crippen LogP contribution in [0.2, 0.25) is 0 Å². The molecule has 22 heavy (non-hydrogen) atoms. The highest BCUT2D eigenvalue weighted by atomic mass is 32.2. The van der Waals surface area contributed by atoms with Gasteiger partial charge in [-0.1, -0.05) is 25.5 Å². The molecule has 124 valence electrons. The average molecular weight is 327 g/mol. The van der Waals surface area contributed by atoms with E-state index in [1.165, 1.54) is 14.1 Å². The van der Waals surface area contributed by atoms with Crippen molar-refractivity contribution in [1.29, 1.82) is 0 Å². The van der Waals surface area contributed by atoms with Crippen molar-refractivity contribution < 1.29 is 13.2 Å². The minimum atomic E-state index is -3.44. The van der Waals surface area contributed by atoms with Gasteiger partial charge >= 0.3 is 0 Å². The Morgan fingerprint density at radius 1 is 1.27 bits per heavy atom. The highest BCUT2D eigenvalue weighted by molar-refractivity contribution is 7.89. The van der Waals surface area contributed by atoms with Gasteiger partial charge in [0.05, 0.1) is 17.0 Å². The number of amides is 1. The van der Waals surface area contributed by atoms with Gasteiger partial charge in [-0.05, 0) is 31.0 Å². The molecule has 3 N–H and O–H groups in total. The number of benzene rings is 1. The second kappa shape index (κ2) is 7.71. The van der Waals surface area contributed by atoms with E-state index in [0.717, 1.165) is 16.3 Å². The van der Waals surface area contributed by atoms with Crippen molar-refractivity contribution in [1.82, 2.24) is 9.62 Å². The van der Waals surface area contributed by atoms with Crippen molar-refractivity contribution in [2.45, 2.75) is 43.7 Å². The summed E-state index contributed by atoms with van der Waals surface area (Å²) in [7, 11) is -0.463. The lowest BCUT2D eigenvalue weighted by atomic mass is 10.1. The zero-order valence-corrected chi connectivity index (χ0v) is 14.4. The van der Waals surface area contributed by atoms with Crippen LogP contribution in [0.4, 0.5) is 0 Å². The molecule has 0 aliphatic rings. The van der Waals surface area contributed by atoms with Gasteiger partial charge in [0.2, 0.25) is 15.9 Å². The first-order chi connectivity index (χ1) is 10.2. The quantitative estimate of drug-likeness (QED) is 0.788. The molecule has 0 saturated heterocycles. The summed E-state index contributed by atoms with van der Waals surface area (Å²) in [5.41, 5.74) is 6.60.